The maximum absolute atomic E-state index is 13.3. The summed E-state index contributed by atoms with van der Waals surface area (Å²) in [5, 5.41) is 4.29. The zero-order valence-electron chi connectivity index (χ0n) is 20.0. The number of hydrogen-bond acceptors (Lipinski definition) is 7. The average Bonchev–Trinajstić information content (AvgIpc) is 3.28. The van der Waals surface area contributed by atoms with Crippen LogP contribution in [-0.4, -0.2) is 24.0 Å². The molecule has 1 atom stereocenters. The first kappa shape index (κ1) is 23.7. The molecule has 0 aliphatic heterocycles. The third-order valence-electron chi connectivity index (χ3n) is 6.52. The van der Waals surface area contributed by atoms with Gasteiger partial charge in [0.15, 0.2) is 0 Å². The Kier molecular flexibility index (Phi) is 6.26. The molecule has 0 spiro atoms. The lowest BCUT2D eigenvalue weighted by atomic mass is 9.72. The van der Waals surface area contributed by atoms with Gasteiger partial charge in [-0.3, -0.25) is 4.79 Å². The van der Waals surface area contributed by atoms with Crippen LogP contribution in [0.1, 0.15) is 83.1 Å². The van der Waals surface area contributed by atoms with E-state index >= 15 is 0 Å². The lowest BCUT2D eigenvalue weighted by Gasteiger charge is -2.33. The number of nitrogens with two attached hydrogens (primary N) is 1. The van der Waals surface area contributed by atoms with Gasteiger partial charge in [-0.15, -0.1) is 22.7 Å². The van der Waals surface area contributed by atoms with Crippen LogP contribution in [0.15, 0.2) is 12.1 Å². The lowest BCUT2D eigenvalue weighted by molar-refractivity contribution is 0.0600. The minimum atomic E-state index is -0.412. The van der Waals surface area contributed by atoms with E-state index in [9.17, 15) is 9.59 Å². The molecular formula is C25H31N3O3S2. The predicted molar refractivity (Wildman–Crippen MR) is 137 cm³/mol. The minimum absolute atomic E-state index is 0.184. The SMILES string of the molecule is COC(=O)c1c(NC(=O)c2sc3nc(C(C)C)ccc3c2N)sc2c1CCC(C(C)(C)C)C2. The van der Waals surface area contributed by atoms with E-state index in [1.807, 2.05) is 12.1 Å². The molecule has 3 aromatic rings. The first-order valence-corrected chi connectivity index (χ1v) is 12.9. The first-order chi connectivity index (χ1) is 15.5. The Bertz CT molecular complexity index is 1230. The van der Waals surface area contributed by atoms with E-state index < -0.39 is 5.97 Å². The number of methoxy groups -OCH3 is 1. The summed E-state index contributed by atoms with van der Waals surface area (Å²) >= 11 is 2.76. The molecule has 6 nitrogen and oxygen atoms in total. The number of rotatable bonds is 4. The van der Waals surface area contributed by atoms with Gasteiger partial charge < -0.3 is 15.8 Å². The average molecular weight is 486 g/mol. The second kappa shape index (κ2) is 8.72. The van der Waals surface area contributed by atoms with Gasteiger partial charge >= 0.3 is 5.97 Å². The van der Waals surface area contributed by atoms with Gasteiger partial charge in [0.1, 0.15) is 14.7 Å². The van der Waals surface area contributed by atoms with Crippen molar-refractivity contribution in [2.75, 3.05) is 18.2 Å². The predicted octanol–water partition coefficient (Wildman–Crippen LogP) is 6.25. The Balaban J connectivity index is 1.69. The van der Waals surface area contributed by atoms with Crippen LogP contribution in [0.25, 0.3) is 10.2 Å². The number of nitrogens with zero attached hydrogens (tertiary/aromatic N) is 1. The van der Waals surface area contributed by atoms with E-state index in [2.05, 4.69) is 44.9 Å². The molecule has 0 saturated heterocycles. The Morgan fingerprint density at radius 3 is 2.61 bits per heavy atom. The summed E-state index contributed by atoms with van der Waals surface area (Å²) in [5.41, 5.74) is 9.39. The normalized spacial score (nSPS) is 16.2. The van der Waals surface area contributed by atoms with Gasteiger partial charge in [0.05, 0.1) is 18.4 Å². The van der Waals surface area contributed by atoms with Gasteiger partial charge in [-0.05, 0) is 54.2 Å². The highest BCUT2D eigenvalue weighted by atomic mass is 32.1. The first-order valence-electron chi connectivity index (χ1n) is 11.2. The molecule has 3 heterocycles. The molecule has 1 unspecified atom stereocenters. The second-order valence-corrected chi connectivity index (χ2v) is 12.2. The van der Waals surface area contributed by atoms with Gasteiger partial charge in [0.25, 0.3) is 5.91 Å². The molecule has 0 radical (unpaired) electrons. The number of carbonyl (C=O) groups excluding carboxylic acids is 2. The van der Waals surface area contributed by atoms with Gasteiger partial charge in [-0.25, -0.2) is 9.78 Å². The molecule has 1 aliphatic rings. The molecule has 0 fully saturated rings. The van der Waals surface area contributed by atoms with Crippen molar-refractivity contribution in [3.8, 4) is 0 Å². The number of esters is 1. The van der Waals surface area contributed by atoms with Crippen LogP contribution >= 0.6 is 22.7 Å². The topological polar surface area (TPSA) is 94.3 Å². The molecule has 0 aromatic carbocycles. The van der Waals surface area contributed by atoms with E-state index in [0.717, 1.165) is 45.6 Å². The molecule has 0 bridgehead atoms. The van der Waals surface area contributed by atoms with Crippen LogP contribution in [0.2, 0.25) is 0 Å². The number of aromatic nitrogens is 1. The maximum Gasteiger partial charge on any atom is 0.341 e. The van der Waals surface area contributed by atoms with Crippen molar-refractivity contribution in [1.29, 1.82) is 0 Å². The Morgan fingerprint density at radius 1 is 1.24 bits per heavy atom. The molecule has 8 heteroatoms. The summed E-state index contributed by atoms with van der Waals surface area (Å²) in [6, 6.07) is 3.88. The highest BCUT2D eigenvalue weighted by Gasteiger charge is 2.34. The Hall–Kier alpha value is -2.45. The van der Waals surface area contributed by atoms with Gasteiger partial charge in [-0.2, -0.15) is 0 Å². The van der Waals surface area contributed by atoms with E-state index in [1.165, 1.54) is 29.8 Å². The molecule has 176 valence electrons. The number of carbonyl (C=O) groups is 2. The number of ether oxygens (including phenoxy) is 1. The second-order valence-electron chi connectivity index (χ2n) is 10.0. The zero-order valence-corrected chi connectivity index (χ0v) is 21.6. The molecule has 3 aromatic heterocycles. The summed E-state index contributed by atoms with van der Waals surface area (Å²) in [4.78, 5) is 32.9. The molecule has 1 amide bonds. The number of nitrogens with one attached hydrogen (secondary N) is 1. The largest absolute Gasteiger partial charge is 0.465 e. The minimum Gasteiger partial charge on any atom is -0.465 e. The van der Waals surface area contributed by atoms with Crippen molar-refractivity contribution in [2.45, 2.75) is 59.8 Å². The number of anilines is 2. The van der Waals surface area contributed by atoms with Crippen molar-refractivity contribution in [2.24, 2.45) is 11.3 Å². The number of hydrogen-bond donors (Lipinski definition) is 2. The van der Waals surface area contributed by atoms with Crippen LogP contribution in [0.5, 0.6) is 0 Å². The van der Waals surface area contributed by atoms with E-state index in [1.54, 1.807) is 0 Å². The molecule has 0 saturated carbocycles. The van der Waals surface area contributed by atoms with E-state index in [0.29, 0.717) is 27.0 Å². The van der Waals surface area contributed by atoms with Gasteiger partial charge in [-0.1, -0.05) is 34.6 Å². The molecule has 3 N–H and O–H groups in total. The van der Waals surface area contributed by atoms with Crippen molar-refractivity contribution in [3.63, 3.8) is 0 Å². The highest BCUT2D eigenvalue weighted by molar-refractivity contribution is 7.21. The highest BCUT2D eigenvalue weighted by Crippen LogP contribution is 2.45. The fourth-order valence-electron chi connectivity index (χ4n) is 4.39. The van der Waals surface area contributed by atoms with Crippen LogP contribution in [-0.2, 0) is 17.6 Å². The summed E-state index contributed by atoms with van der Waals surface area (Å²) in [6.45, 7) is 10.9. The number of thiophene rings is 2. The maximum atomic E-state index is 13.3. The van der Waals surface area contributed by atoms with Crippen molar-refractivity contribution < 1.29 is 14.3 Å². The van der Waals surface area contributed by atoms with Crippen LogP contribution < -0.4 is 11.1 Å². The fourth-order valence-corrected chi connectivity index (χ4v) is 6.70. The number of pyridine rings is 1. The smallest absolute Gasteiger partial charge is 0.341 e. The third-order valence-corrected chi connectivity index (χ3v) is 8.80. The van der Waals surface area contributed by atoms with E-state index in [-0.39, 0.29) is 17.2 Å². The van der Waals surface area contributed by atoms with Crippen LogP contribution in [0.4, 0.5) is 10.7 Å². The third kappa shape index (κ3) is 4.38. The molecule has 4 rings (SSSR count). The van der Waals surface area contributed by atoms with Gasteiger partial charge in [0.2, 0.25) is 0 Å². The summed E-state index contributed by atoms with van der Waals surface area (Å²) in [5.74, 6) is 0.0754. The number of fused-ring (bicyclic) bond motifs is 2. The van der Waals surface area contributed by atoms with Crippen molar-refractivity contribution in [1.82, 2.24) is 4.98 Å². The van der Waals surface area contributed by atoms with Crippen molar-refractivity contribution >= 4 is 55.5 Å². The number of nitrogen functional groups attached to an aromatic ring is 1. The molecule has 1 aliphatic carbocycles. The fraction of sp³-hybridized carbons (Fsp3) is 0.480. The monoisotopic (exact) mass is 485 g/mol. The summed E-state index contributed by atoms with van der Waals surface area (Å²) < 4.78 is 5.07. The Morgan fingerprint density at radius 2 is 1.97 bits per heavy atom. The summed E-state index contributed by atoms with van der Waals surface area (Å²) in [6.07, 6.45) is 2.72. The standard InChI is InChI=1S/C25H31N3O3S2/c1-12(2)16-10-9-15-19(26)20(33-22(15)27-16)21(29)28-23-18(24(30)31-6)14-8-7-13(25(3,4)5)11-17(14)32-23/h9-10,12-13H,7-8,11,26H2,1-6H3,(H,28,29). The van der Waals surface area contributed by atoms with Crippen LogP contribution in [0, 0.1) is 11.3 Å². The van der Waals surface area contributed by atoms with E-state index in [4.69, 9.17) is 10.5 Å². The number of amides is 1. The zero-order chi connectivity index (χ0) is 24.1. The van der Waals surface area contributed by atoms with Gasteiger partial charge in [0, 0.05) is 16.0 Å². The molecular weight excluding hydrogens is 454 g/mol. The Labute approximate surface area is 202 Å². The van der Waals surface area contributed by atoms with Crippen LogP contribution in [0.3, 0.4) is 0 Å². The van der Waals surface area contributed by atoms with Crippen molar-refractivity contribution in [3.05, 3.63) is 38.7 Å². The molecule has 33 heavy (non-hydrogen) atoms. The lowest BCUT2D eigenvalue weighted by Crippen LogP contribution is -2.26. The summed E-state index contributed by atoms with van der Waals surface area (Å²) in [7, 11) is 1.38. The quantitative estimate of drug-likeness (QED) is 0.426.